The number of nitrogens with one attached hydrogen (secondary N) is 2. The second kappa shape index (κ2) is 3.21. The Balaban J connectivity index is 2.56. The Morgan fingerprint density at radius 2 is 1.94 bits per heavy atom. The van der Waals surface area contributed by atoms with E-state index in [1.807, 2.05) is 24.3 Å². The second-order valence-corrected chi connectivity index (χ2v) is 3.74. The highest BCUT2D eigenvalue weighted by atomic mass is 16.3. The smallest absolute Gasteiger partial charge is 0.272 e. The van der Waals surface area contributed by atoms with Gasteiger partial charge in [-0.1, -0.05) is 18.2 Å². The number of benzene rings is 1. The van der Waals surface area contributed by atoms with Gasteiger partial charge in [-0.25, -0.2) is 0 Å². The van der Waals surface area contributed by atoms with Gasteiger partial charge >= 0.3 is 0 Å². The van der Waals surface area contributed by atoms with Crippen LogP contribution in [0.25, 0.3) is 21.8 Å². The Morgan fingerprint density at radius 3 is 2.75 bits per heavy atom. The molecule has 1 aromatic carbocycles. The lowest BCUT2D eigenvalue weighted by molar-refractivity contribution is 0.277. The van der Waals surface area contributed by atoms with E-state index in [-0.39, 0.29) is 12.2 Å². The number of para-hydroxylation sites is 1. The average Bonchev–Trinajstić information content (AvgIpc) is 2.68. The van der Waals surface area contributed by atoms with Gasteiger partial charge in [0.2, 0.25) is 0 Å². The number of aliphatic hydroxyl groups excluding tert-OH is 1. The molecule has 4 heteroatoms. The molecule has 0 bridgehead atoms. The molecule has 16 heavy (non-hydrogen) atoms. The van der Waals surface area contributed by atoms with Crippen LogP contribution in [0.2, 0.25) is 0 Å². The van der Waals surface area contributed by atoms with Gasteiger partial charge < -0.3 is 15.1 Å². The fraction of sp³-hybridized carbons (Fsp3) is 0.0833. The van der Waals surface area contributed by atoms with Crippen molar-refractivity contribution in [3.63, 3.8) is 0 Å². The Hall–Kier alpha value is -2.07. The van der Waals surface area contributed by atoms with Crippen LogP contribution in [0.15, 0.2) is 35.1 Å². The maximum absolute atomic E-state index is 11.7. The van der Waals surface area contributed by atoms with Gasteiger partial charge in [0.05, 0.1) is 6.61 Å². The van der Waals surface area contributed by atoms with E-state index in [1.165, 1.54) is 0 Å². The van der Waals surface area contributed by atoms with Crippen LogP contribution in [-0.4, -0.2) is 15.1 Å². The lowest BCUT2D eigenvalue weighted by Gasteiger charge is -1.96. The number of H-pyrrole nitrogens is 2. The van der Waals surface area contributed by atoms with Gasteiger partial charge in [0.15, 0.2) is 0 Å². The second-order valence-electron chi connectivity index (χ2n) is 3.74. The highest BCUT2D eigenvalue weighted by molar-refractivity contribution is 6.06. The first kappa shape index (κ1) is 9.18. The van der Waals surface area contributed by atoms with Crippen molar-refractivity contribution in [3.05, 3.63) is 46.4 Å². The minimum atomic E-state index is -0.197. The fourth-order valence-corrected chi connectivity index (χ4v) is 2.00. The molecule has 3 rings (SSSR count). The summed E-state index contributed by atoms with van der Waals surface area (Å²) in [5.74, 6) is 0. The zero-order chi connectivity index (χ0) is 11.1. The molecule has 2 heterocycles. The van der Waals surface area contributed by atoms with Gasteiger partial charge in [0.1, 0.15) is 5.52 Å². The molecule has 3 N–H and O–H groups in total. The quantitative estimate of drug-likeness (QED) is 0.574. The molecular weight excluding hydrogens is 204 g/mol. The number of aromatic amines is 2. The van der Waals surface area contributed by atoms with Gasteiger partial charge in [-0.15, -0.1) is 0 Å². The first-order valence-corrected chi connectivity index (χ1v) is 5.03. The highest BCUT2D eigenvalue weighted by Gasteiger charge is 2.07. The van der Waals surface area contributed by atoms with E-state index in [9.17, 15) is 4.79 Å². The number of hydrogen-bond acceptors (Lipinski definition) is 2. The Morgan fingerprint density at radius 1 is 1.12 bits per heavy atom. The molecule has 0 saturated carbocycles. The van der Waals surface area contributed by atoms with Crippen LogP contribution in [0.4, 0.5) is 0 Å². The fourth-order valence-electron chi connectivity index (χ4n) is 2.00. The summed E-state index contributed by atoms with van der Waals surface area (Å²) in [6.45, 7) is -0.162. The van der Waals surface area contributed by atoms with Gasteiger partial charge in [0, 0.05) is 22.0 Å². The third-order valence-corrected chi connectivity index (χ3v) is 2.74. The summed E-state index contributed by atoms with van der Waals surface area (Å²) in [5.41, 5.74) is 1.82. The van der Waals surface area contributed by atoms with Crippen LogP contribution in [0.5, 0.6) is 0 Å². The minimum absolute atomic E-state index is 0.162. The topological polar surface area (TPSA) is 68.9 Å². The summed E-state index contributed by atoms with van der Waals surface area (Å²) in [4.78, 5) is 17.4. The predicted molar refractivity (Wildman–Crippen MR) is 62.3 cm³/mol. The first-order valence-electron chi connectivity index (χ1n) is 5.03. The molecule has 2 aromatic heterocycles. The van der Waals surface area contributed by atoms with Crippen LogP contribution >= 0.6 is 0 Å². The summed E-state index contributed by atoms with van der Waals surface area (Å²) >= 11 is 0. The van der Waals surface area contributed by atoms with E-state index in [4.69, 9.17) is 5.11 Å². The Bertz CT molecular complexity index is 725. The molecule has 3 aromatic rings. The van der Waals surface area contributed by atoms with Crippen LogP contribution < -0.4 is 5.56 Å². The van der Waals surface area contributed by atoms with Crippen molar-refractivity contribution in [2.75, 3.05) is 0 Å². The van der Waals surface area contributed by atoms with Crippen LogP contribution in [0.3, 0.4) is 0 Å². The SMILES string of the molecule is O=c1[nH]c(CO)cc2c1[nH]c1ccccc12. The minimum Gasteiger partial charge on any atom is -0.390 e. The van der Waals surface area contributed by atoms with Crippen molar-refractivity contribution in [1.82, 2.24) is 9.97 Å². The van der Waals surface area contributed by atoms with Crippen LogP contribution in [0.1, 0.15) is 5.69 Å². The molecule has 0 spiro atoms. The maximum atomic E-state index is 11.7. The number of aliphatic hydroxyl groups is 1. The normalized spacial score (nSPS) is 11.3. The van der Waals surface area contributed by atoms with Gasteiger partial charge in [-0.2, -0.15) is 0 Å². The third kappa shape index (κ3) is 1.17. The monoisotopic (exact) mass is 214 g/mol. The lowest BCUT2D eigenvalue weighted by atomic mass is 10.1. The molecule has 0 aliphatic rings. The molecule has 0 unspecified atom stereocenters. The van der Waals surface area contributed by atoms with E-state index >= 15 is 0 Å². The largest absolute Gasteiger partial charge is 0.390 e. The van der Waals surface area contributed by atoms with Crippen molar-refractivity contribution in [1.29, 1.82) is 0 Å². The van der Waals surface area contributed by atoms with E-state index < -0.39 is 0 Å². The van der Waals surface area contributed by atoms with Gasteiger partial charge in [-0.05, 0) is 12.1 Å². The zero-order valence-corrected chi connectivity index (χ0v) is 8.45. The average molecular weight is 214 g/mol. The zero-order valence-electron chi connectivity index (χ0n) is 8.45. The molecule has 80 valence electrons. The summed E-state index contributed by atoms with van der Waals surface area (Å²) in [5, 5.41) is 10.9. The summed E-state index contributed by atoms with van der Waals surface area (Å²) in [7, 11) is 0. The molecule has 0 aliphatic carbocycles. The molecule has 4 nitrogen and oxygen atoms in total. The van der Waals surface area contributed by atoms with Crippen molar-refractivity contribution in [3.8, 4) is 0 Å². The number of aromatic nitrogens is 2. The number of pyridine rings is 1. The molecule has 0 amide bonds. The van der Waals surface area contributed by atoms with Crippen molar-refractivity contribution < 1.29 is 5.11 Å². The predicted octanol–water partition coefficient (Wildman–Crippen LogP) is 1.50. The van der Waals surface area contributed by atoms with E-state index in [0.29, 0.717) is 11.2 Å². The van der Waals surface area contributed by atoms with Gasteiger partial charge in [-0.3, -0.25) is 4.79 Å². The van der Waals surface area contributed by atoms with E-state index in [0.717, 1.165) is 16.3 Å². The lowest BCUT2D eigenvalue weighted by Crippen LogP contribution is -2.08. The molecule has 0 atom stereocenters. The molecule has 0 saturated heterocycles. The van der Waals surface area contributed by atoms with E-state index in [2.05, 4.69) is 9.97 Å². The number of rotatable bonds is 1. The Labute approximate surface area is 90.5 Å². The van der Waals surface area contributed by atoms with Crippen molar-refractivity contribution in [2.24, 2.45) is 0 Å². The Kier molecular flexibility index (Phi) is 1.84. The van der Waals surface area contributed by atoms with Gasteiger partial charge in [0.25, 0.3) is 5.56 Å². The first-order chi connectivity index (χ1) is 7.79. The van der Waals surface area contributed by atoms with Crippen LogP contribution in [-0.2, 0) is 6.61 Å². The maximum Gasteiger partial charge on any atom is 0.272 e. The number of hydrogen-bond donors (Lipinski definition) is 3. The summed E-state index contributed by atoms with van der Waals surface area (Å²) in [6.07, 6.45) is 0. The third-order valence-electron chi connectivity index (χ3n) is 2.74. The van der Waals surface area contributed by atoms with Crippen LogP contribution in [0, 0.1) is 0 Å². The summed E-state index contributed by atoms with van der Waals surface area (Å²) < 4.78 is 0. The summed E-state index contributed by atoms with van der Waals surface area (Å²) in [6, 6.07) is 9.52. The molecular formula is C12H10N2O2. The standard InChI is InChI=1S/C12H10N2O2/c15-6-7-5-9-8-3-1-2-4-10(8)14-11(9)12(16)13-7/h1-5,14-15H,6H2,(H,13,16). The molecule has 0 radical (unpaired) electrons. The van der Waals surface area contributed by atoms with Crippen molar-refractivity contribution >= 4 is 21.8 Å². The molecule has 0 fully saturated rings. The molecule has 0 aliphatic heterocycles. The number of fused-ring (bicyclic) bond motifs is 3. The van der Waals surface area contributed by atoms with Crippen molar-refractivity contribution in [2.45, 2.75) is 6.61 Å². The van der Waals surface area contributed by atoms with E-state index in [1.54, 1.807) is 6.07 Å². The highest BCUT2D eigenvalue weighted by Crippen LogP contribution is 2.22.